The molecule has 1 aromatic carbocycles. The maximum atomic E-state index is 15.0. The van der Waals surface area contributed by atoms with E-state index in [0.29, 0.717) is 31.5 Å². The van der Waals surface area contributed by atoms with Crippen LogP contribution in [0.25, 0.3) is 6.08 Å². The van der Waals surface area contributed by atoms with Crippen LogP contribution in [0.5, 0.6) is 0 Å². The number of anilines is 1. The van der Waals surface area contributed by atoms with Crippen LogP contribution >= 0.6 is 11.9 Å². The van der Waals surface area contributed by atoms with Crippen molar-refractivity contribution in [3.05, 3.63) is 59.8 Å². The third-order valence-corrected chi connectivity index (χ3v) is 10.5. The van der Waals surface area contributed by atoms with Gasteiger partial charge in [-0.2, -0.15) is 0 Å². The number of aryl methyl sites for hydroxylation is 1. The molecule has 1 amide bonds. The lowest BCUT2D eigenvalue weighted by Gasteiger charge is -2.35. The Balaban J connectivity index is 1.30. The summed E-state index contributed by atoms with van der Waals surface area (Å²) < 4.78 is 31.2. The first-order valence-electron chi connectivity index (χ1n) is 17.3. The number of hydrogen-bond acceptors (Lipinski definition) is 10. The fraction of sp³-hybridized carbons (Fsp3) is 0.583. The first kappa shape index (κ1) is 36.9. The number of nitrogens with zero attached hydrogens (tertiary/aromatic N) is 6. The van der Waals surface area contributed by atoms with E-state index in [1.165, 1.54) is 6.07 Å². The van der Waals surface area contributed by atoms with E-state index >= 15 is 4.39 Å². The number of imidazole rings is 1. The summed E-state index contributed by atoms with van der Waals surface area (Å²) in [6.45, 7) is 11.7. The summed E-state index contributed by atoms with van der Waals surface area (Å²) in [5.74, 6) is -1.18. The van der Waals surface area contributed by atoms with Crippen molar-refractivity contribution in [1.82, 2.24) is 23.7 Å². The van der Waals surface area contributed by atoms with Crippen molar-refractivity contribution in [3.8, 4) is 0 Å². The van der Waals surface area contributed by atoms with Gasteiger partial charge < -0.3 is 33.8 Å². The van der Waals surface area contributed by atoms with E-state index < -0.39 is 24.3 Å². The Bertz CT molecular complexity index is 1490. The van der Waals surface area contributed by atoms with Crippen LogP contribution in [0.2, 0.25) is 0 Å². The monoisotopic (exact) mass is 698 g/mol. The van der Waals surface area contributed by atoms with Crippen molar-refractivity contribution in [2.75, 3.05) is 64.3 Å². The lowest BCUT2D eigenvalue weighted by Crippen LogP contribution is -2.48. The van der Waals surface area contributed by atoms with Crippen LogP contribution in [0, 0.1) is 17.7 Å². The predicted molar refractivity (Wildman–Crippen MR) is 189 cm³/mol. The molecule has 2 fully saturated rings. The number of cyclic esters (lactones) is 1. The summed E-state index contributed by atoms with van der Waals surface area (Å²) in [5, 5.41) is 11.6. The zero-order chi connectivity index (χ0) is 35.1. The third-order valence-electron chi connectivity index (χ3n) is 9.51. The Kier molecular flexibility index (Phi) is 12.8. The van der Waals surface area contributed by atoms with E-state index in [1.54, 1.807) is 29.2 Å². The fourth-order valence-corrected chi connectivity index (χ4v) is 7.36. The standard InChI is InChI=1S/C36H51FN6O5S/c1-25-6-8-31(44)22-34(45)48-35(26(2)7-9-32(25)47-36(46)42-12-10-39(4)11-13-42)27(3)18-28-19-29(37)21-30(20-28)41-14-16-43(17-15-41)49-33-23-40(5)24-38-33/h7,9,18-21,23-26,31-32,35,44H,6,8,10-17,22H2,1-5H3/b9-7+,27-18+/t25-,26-,31+,32-,35-/m0/s1. The average Bonchev–Trinajstić information content (AvgIpc) is 3.48. The number of aliphatic hydroxyl groups excluding tert-OH is 1. The van der Waals surface area contributed by atoms with Gasteiger partial charge in [0.25, 0.3) is 0 Å². The molecule has 0 saturated carbocycles. The highest BCUT2D eigenvalue weighted by atomic mass is 32.2. The van der Waals surface area contributed by atoms with Gasteiger partial charge >= 0.3 is 12.1 Å². The van der Waals surface area contributed by atoms with Gasteiger partial charge in [0.15, 0.2) is 0 Å². The molecule has 268 valence electrons. The average molecular weight is 699 g/mol. The summed E-state index contributed by atoms with van der Waals surface area (Å²) in [7, 11) is 3.98. The number of ether oxygens (including phenoxy) is 2. The Morgan fingerprint density at radius 3 is 2.47 bits per heavy atom. The Hall–Kier alpha value is -3.39. The summed E-state index contributed by atoms with van der Waals surface area (Å²) in [6.07, 6.45) is 7.90. The van der Waals surface area contributed by atoms with Crippen LogP contribution in [0.1, 0.15) is 45.6 Å². The molecule has 1 N–H and O–H groups in total. The van der Waals surface area contributed by atoms with E-state index in [9.17, 15) is 14.7 Å². The van der Waals surface area contributed by atoms with Crippen molar-refractivity contribution < 1.29 is 28.6 Å². The minimum absolute atomic E-state index is 0.0683. The number of halogens is 1. The van der Waals surface area contributed by atoms with E-state index in [4.69, 9.17) is 9.47 Å². The molecule has 2 saturated heterocycles. The van der Waals surface area contributed by atoms with Gasteiger partial charge in [-0.25, -0.2) is 18.5 Å². The molecule has 0 aliphatic carbocycles. The third kappa shape index (κ3) is 10.6. The molecule has 11 nitrogen and oxygen atoms in total. The summed E-state index contributed by atoms with van der Waals surface area (Å²) in [5.41, 5.74) is 2.21. The smallest absolute Gasteiger partial charge is 0.410 e. The number of amides is 1. The summed E-state index contributed by atoms with van der Waals surface area (Å²) >= 11 is 1.63. The number of carbonyl (C=O) groups is 2. The van der Waals surface area contributed by atoms with Crippen LogP contribution in [-0.4, -0.2) is 119 Å². The van der Waals surface area contributed by atoms with Gasteiger partial charge in [-0.05, 0) is 80.1 Å². The van der Waals surface area contributed by atoms with Crippen molar-refractivity contribution in [1.29, 1.82) is 0 Å². The Labute approximate surface area is 293 Å². The number of esters is 1. The number of likely N-dealkylation sites (N-methyl/N-ethyl adjacent to an activating group) is 1. The normalized spacial score (nSPS) is 27.6. The van der Waals surface area contributed by atoms with Gasteiger partial charge in [0.2, 0.25) is 0 Å². The SMILES string of the molecule is C/C(=C\c1cc(F)cc(N2CCN(Sc3cn(C)cn3)CC2)c1)[C@H]1OC(=O)C[C@H](O)CC[C@H](C)[C@@H](OC(=O)N2CCN(C)CC2)/C=C/[C@@H]1C. The Morgan fingerprint density at radius 1 is 1.04 bits per heavy atom. The summed E-state index contributed by atoms with van der Waals surface area (Å²) in [6, 6.07) is 5.00. The Morgan fingerprint density at radius 2 is 1.78 bits per heavy atom. The minimum atomic E-state index is -0.874. The molecule has 3 aliphatic rings. The topological polar surface area (TPSA) is 104 Å². The number of aliphatic hydroxyl groups is 1. The number of piperazine rings is 2. The number of hydrogen-bond donors (Lipinski definition) is 1. The maximum Gasteiger partial charge on any atom is 0.410 e. The van der Waals surface area contributed by atoms with Crippen molar-refractivity contribution in [2.24, 2.45) is 18.9 Å². The molecular weight excluding hydrogens is 647 g/mol. The lowest BCUT2D eigenvalue weighted by molar-refractivity contribution is -0.151. The van der Waals surface area contributed by atoms with Gasteiger partial charge in [-0.3, -0.25) is 4.79 Å². The molecule has 0 unspecified atom stereocenters. The van der Waals surface area contributed by atoms with Crippen molar-refractivity contribution in [3.63, 3.8) is 0 Å². The van der Waals surface area contributed by atoms with E-state index in [0.717, 1.165) is 55.6 Å². The van der Waals surface area contributed by atoms with Crippen LogP contribution < -0.4 is 4.90 Å². The van der Waals surface area contributed by atoms with Gasteiger partial charge in [0, 0.05) is 77.2 Å². The molecule has 2 aromatic rings. The largest absolute Gasteiger partial charge is 0.457 e. The fourth-order valence-electron chi connectivity index (χ4n) is 6.44. The second-order valence-electron chi connectivity index (χ2n) is 13.7. The number of aromatic nitrogens is 2. The highest BCUT2D eigenvalue weighted by Crippen LogP contribution is 2.29. The van der Waals surface area contributed by atoms with Gasteiger partial charge in [-0.15, -0.1) is 0 Å². The highest BCUT2D eigenvalue weighted by Gasteiger charge is 2.29. The van der Waals surface area contributed by atoms with E-state index in [-0.39, 0.29) is 30.2 Å². The van der Waals surface area contributed by atoms with Crippen LogP contribution in [0.4, 0.5) is 14.9 Å². The molecule has 3 aliphatic heterocycles. The minimum Gasteiger partial charge on any atom is -0.457 e. The molecule has 0 spiro atoms. The number of carbonyl (C=O) groups excluding carboxylic acids is 2. The molecule has 13 heteroatoms. The number of rotatable bonds is 6. The quantitative estimate of drug-likeness (QED) is 0.257. The molecule has 0 radical (unpaired) electrons. The van der Waals surface area contributed by atoms with Gasteiger partial charge in [0.1, 0.15) is 23.1 Å². The molecule has 1 aromatic heterocycles. The molecule has 4 heterocycles. The first-order valence-corrected chi connectivity index (χ1v) is 18.1. The first-order chi connectivity index (χ1) is 23.4. The molecule has 5 rings (SSSR count). The number of benzene rings is 1. The van der Waals surface area contributed by atoms with Crippen molar-refractivity contribution in [2.45, 2.75) is 63.4 Å². The van der Waals surface area contributed by atoms with Gasteiger partial charge in [-0.1, -0.05) is 26.0 Å². The highest BCUT2D eigenvalue weighted by molar-refractivity contribution is 7.97. The molecule has 0 bridgehead atoms. The lowest BCUT2D eigenvalue weighted by atomic mass is 9.91. The predicted octanol–water partition coefficient (Wildman–Crippen LogP) is 4.83. The van der Waals surface area contributed by atoms with Crippen LogP contribution in [0.3, 0.4) is 0 Å². The summed E-state index contributed by atoms with van der Waals surface area (Å²) in [4.78, 5) is 36.6. The van der Waals surface area contributed by atoms with E-state index in [1.807, 2.05) is 69.9 Å². The zero-order valence-corrected chi connectivity index (χ0v) is 30.1. The molecule has 5 atom stereocenters. The van der Waals surface area contributed by atoms with E-state index in [2.05, 4.69) is 19.1 Å². The van der Waals surface area contributed by atoms with Crippen molar-refractivity contribution >= 4 is 35.8 Å². The maximum absolute atomic E-state index is 15.0. The van der Waals surface area contributed by atoms with Gasteiger partial charge in [0.05, 0.1) is 18.9 Å². The molecule has 49 heavy (non-hydrogen) atoms. The molecular formula is C36H51FN6O5S. The van der Waals surface area contributed by atoms with Crippen LogP contribution in [-0.2, 0) is 21.3 Å². The second-order valence-corrected chi connectivity index (χ2v) is 14.8. The second kappa shape index (κ2) is 17.0. The van der Waals surface area contributed by atoms with Crippen LogP contribution in [0.15, 0.2) is 53.5 Å². The zero-order valence-electron chi connectivity index (χ0n) is 29.3.